The number of anilines is 3. The maximum Gasteiger partial charge on any atom is 0.313 e. The first kappa shape index (κ1) is 24.0. The third-order valence-electron chi connectivity index (χ3n) is 5.57. The number of piperazine rings is 1. The van der Waals surface area contributed by atoms with Crippen LogP contribution < -0.4 is 20.3 Å². The highest BCUT2D eigenvalue weighted by molar-refractivity contribution is 6.39. The van der Waals surface area contributed by atoms with Gasteiger partial charge in [0.25, 0.3) is 0 Å². The van der Waals surface area contributed by atoms with E-state index in [1.54, 1.807) is 37.1 Å². The van der Waals surface area contributed by atoms with Gasteiger partial charge in [0.15, 0.2) is 17.4 Å². The first-order valence-corrected chi connectivity index (χ1v) is 10.4. The zero-order chi connectivity index (χ0) is 24.1. The van der Waals surface area contributed by atoms with Crippen LogP contribution in [0.2, 0.25) is 0 Å². The monoisotopic (exact) mass is 460 g/mol. The Morgan fingerprint density at radius 1 is 1.18 bits per heavy atom. The second-order valence-electron chi connectivity index (χ2n) is 7.68. The highest BCUT2D eigenvalue weighted by atomic mass is 19.1. The third kappa shape index (κ3) is 5.21. The van der Waals surface area contributed by atoms with Crippen molar-refractivity contribution < 1.29 is 27.9 Å². The van der Waals surface area contributed by atoms with Crippen molar-refractivity contribution in [1.29, 1.82) is 0 Å². The summed E-state index contributed by atoms with van der Waals surface area (Å²) in [7, 11) is 2.91. The largest absolute Gasteiger partial charge is 0.491 e. The zero-order valence-electron chi connectivity index (χ0n) is 18.7. The van der Waals surface area contributed by atoms with Crippen LogP contribution in [-0.2, 0) is 20.8 Å². The Morgan fingerprint density at radius 3 is 2.45 bits per heavy atom. The fourth-order valence-electron chi connectivity index (χ4n) is 3.91. The van der Waals surface area contributed by atoms with Crippen LogP contribution in [0, 0.1) is 11.6 Å². The Bertz CT molecular complexity index is 1040. The number of rotatable bonds is 6. The molecule has 2 aromatic rings. The van der Waals surface area contributed by atoms with E-state index in [1.165, 1.54) is 24.1 Å². The molecule has 8 nitrogen and oxygen atoms in total. The van der Waals surface area contributed by atoms with Gasteiger partial charge >= 0.3 is 11.8 Å². The van der Waals surface area contributed by atoms with Gasteiger partial charge in [-0.3, -0.25) is 9.59 Å². The fourth-order valence-corrected chi connectivity index (χ4v) is 3.91. The van der Waals surface area contributed by atoms with Gasteiger partial charge in [-0.25, -0.2) is 8.78 Å². The molecule has 0 aromatic heterocycles. The molecule has 1 aliphatic heterocycles. The summed E-state index contributed by atoms with van der Waals surface area (Å²) in [6, 6.07) is 6.99. The third-order valence-corrected chi connectivity index (χ3v) is 5.57. The molecular weight excluding hydrogens is 434 g/mol. The second kappa shape index (κ2) is 10.3. The fraction of sp³-hybridized carbons (Fsp3) is 0.348. The van der Waals surface area contributed by atoms with Crippen LogP contribution in [-0.4, -0.2) is 62.8 Å². The Balaban J connectivity index is 1.67. The first-order valence-electron chi connectivity index (χ1n) is 10.4. The summed E-state index contributed by atoms with van der Waals surface area (Å²) in [5, 5.41) is 5.55. The van der Waals surface area contributed by atoms with Crippen molar-refractivity contribution in [1.82, 2.24) is 4.90 Å². The van der Waals surface area contributed by atoms with Gasteiger partial charge in [-0.15, -0.1) is 0 Å². The SMILES string of the molecule is CNc1ccc(NC(=O)C(=O)N2CCN(c3cc(F)c(OC)c(F)c3)CC2C)cc1CC=O. The number of nitrogens with zero attached hydrogens (tertiary/aromatic N) is 2. The standard InChI is InChI=1S/C23H26F2N4O4/c1-14-13-28(17-11-18(24)21(33-3)19(25)12-17)7-8-29(14)23(32)22(31)27-16-4-5-20(26-2)15(10-16)6-9-30/h4-5,9-12,14,26H,6-8,13H2,1-3H3,(H,27,31). The predicted octanol–water partition coefficient (Wildman–Crippen LogP) is 2.43. The summed E-state index contributed by atoms with van der Waals surface area (Å²) in [6.07, 6.45) is 0.925. The number of hydrogen-bond donors (Lipinski definition) is 2. The molecule has 2 aromatic carbocycles. The summed E-state index contributed by atoms with van der Waals surface area (Å²) in [5.41, 5.74) is 2.18. The minimum absolute atomic E-state index is 0.166. The van der Waals surface area contributed by atoms with Crippen molar-refractivity contribution in [3.63, 3.8) is 0 Å². The zero-order valence-corrected chi connectivity index (χ0v) is 18.7. The smallest absolute Gasteiger partial charge is 0.313 e. The van der Waals surface area contributed by atoms with Crippen LogP contribution in [0.3, 0.4) is 0 Å². The molecule has 0 saturated carbocycles. The van der Waals surface area contributed by atoms with Crippen molar-refractivity contribution in [2.45, 2.75) is 19.4 Å². The average Bonchev–Trinajstić information content (AvgIpc) is 2.78. The Morgan fingerprint density at radius 2 is 1.88 bits per heavy atom. The van der Waals surface area contributed by atoms with Gasteiger partial charge in [-0.05, 0) is 30.7 Å². The minimum atomic E-state index is -0.809. The van der Waals surface area contributed by atoms with E-state index in [4.69, 9.17) is 4.74 Å². The Hall–Kier alpha value is -3.69. The van der Waals surface area contributed by atoms with E-state index in [0.717, 1.165) is 12.0 Å². The van der Waals surface area contributed by atoms with Crippen molar-refractivity contribution in [3.05, 3.63) is 47.5 Å². The number of halogens is 2. The molecule has 0 bridgehead atoms. The molecule has 176 valence electrons. The lowest BCUT2D eigenvalue weighted by molar-refractivity contribution is -0.144. The number of carbonyl (C=O) groups excluding carboxylic acids is 3. The normalized spacial score (nSPS) is 15.7. The number of methoxy groups -OCH3 is 1. The molecule has 0 radical (unpaired) electrons. The number of ether oxygens (including phenoxy) is 1. The molecular formula is C23H26F2N4O4. The van der Waals surface area contributed by atoms with Gasteiger partial charge in [0, 0.05) is 68.3 Å². The number of amides is 2. The lowest BCUT2D eigenvalue weighted by Gasteiger charge is -2.40. The molecule has 1 aliphatic rings. The molecule has 1 heterocycles. The van der Waals surface area contributed by atoms with Crippen LogP contribution in [0.4, 0.5) is 25.8 Å². The van der Waals surface area contributed by atoms with E-state index in [-0.39, 0.29) is 19.0 Å². The van der Waals surface area contributed by atoms with E-state index in [0.29, 0.717) is 30.0 Å². The number of carbonyl (C=O) groups is 3. The summed E-state index contributed by atoms with van der Waals surface area (Å²) in [4.78, 5) is 39.4. The number of aldehydes is 1. The van der Waals surface area contributed by atoms with E-state index in [1.807, 2.05) is 0 Å². The summed E-state index contributed by atoms with van der Waals surface area (Å²) >= 11 is 0. The van der Waals surface area contributed by atoms with Gasteiger partial charge in [-0.1, -0.05) is 0 Å². The van der Waals surface area contributed by atoms with E-state index in [2.05, 4.69) is 10.6 Å². The Labute approximate surface area is 190 Å². The van der Waals surface area contributed by atoms with Crippen LogP contribution in [0.5, 0.6) is 5.75 Å². The molecule has 2 amide bonds. The summed E-state index contributed by atoms with van der Waals surface area (Å²) in [5.74, 6) is -3.57. The highest BCUT2D eigenvalue weighted by Crippen LogP contribution is 2.29. The quantitative estimate of drug-likeness (QED) is 0.508. The Kier molecular flexibility index (Phi) is 7.47. The van der Waals surface area contributed by atoms with Crippen LogP contribution in [0.15, 0.2) is 30.3 Å². The number of nitrogens with one attached hydrogen (secondary N) is 2. The molecule has 0 spiro atoms. The second-order valence-corrected chi connectivity index (χ2v) is 7.68. The number of hydrogen-bond acceptors (Lipinski definition) is 6. The summed E-state index contributed by atoms with van der Waals surface area (Å²) in [6.45, 7) is 2.56. The molecule has 1 fully saturated rings. The number of benzene rings is 2. The molecule has 10 heteroatoms. The first-order chi connectivity index (χ1) is 15.8. The van der Waals surface area contributed by atoms with Gasteiger partial charge in [0.1, 0.15) is 6.29 Å². The van der Waals surface area contributed by atoms with Gasteiger partial charge in [0.2, 0.25) is 0 Å². The average molecular weight is 460 g/mol. The van der Waals surface area contributed by atoms with E-state index >= 15 is 0 Å². The molecule has 33 heavy (non-hydrogen) atoms. The van der Waals surface area contributed by atoms with Crippen molar-refractivity contribution in [2.75, 3.05) is 49.3 Å². The van der Waals surface area contributed by atoms with Crippen molar-refractivity contribution in [2.24, 2.45) is 0 Å². The molecule has 1 unspecified atom stereocenters. The summed E-state index contributed by atoms with van der Waals surface area (Å²) < 4.78 is 32.9. The highest BCUT2D eigenvalue weighted by Gasteiger charge is 2.32. The molecule has 0 aliphatic carbocycles. The minimum Gasteiger partial charge on any atom is -0.491 e. The van der Waals surface area contributed by atoms with Gasteiger partial charge < -0.3 is 30.0 Å². The van der Waals surface area contributed by atoms with Crippen LogP contribution in [0.1, 0.15) is 12.5 Å². The molecule has 3 rings (SSSR count). The van der Waals surface area contributed by atoms with Crippen molar-refractivity contribution in [3.8, 4) is 5.75 Å². The van der Waals surface area contributed by atoms with Gasteiger partial charge in [-0.2, -0.15) is 0 Å². The van der Waals surface area contributed by atoms with E-state index in [9.17, 15) is 23.2 Å². The van der Waals surface area contributed by atoms with Crippen LogP contribution >= 0.6 is 0 Å². The van der Waals surface area contributed by atoms with Gasteiger partial charge in [0.05, 0.1) is 7.11 Å². The maximum atomic E-state index is 14.1. The van der Waals surface area contributed by atoms with Crippen molar-refractivity contribution >= 4 is 35.2 Å². The van der Waals surface area contributed by atoms with Crippen LogP contribution in [0.25, 0.3) is 0 Å². The molecule has 2 N–H and O–H groups in total. The predicted molar refractivity (Wildman–Crippen MR) is 121 cm³/mol. The lowest BCUT2D eigenvalue weighted by atomic mass is 10.1. The lowest BCUT2D eigenvalue weighted by Crippen LogP contribution is -2.56. The van der Waals surface area contributed by atoms with E-state index < -0.39 is 29.2 Å². The topological polar surface area (TPSA) is 91.0 Å². The molecule has 1 atom stereocenters. The maximum absolute atomic E-state index is 14.1. The molecule has 1 saturated heterocycles.